The van der Waals surface area contributed by atoms with Gasteiger partial charge in [0.25, 0.3) is 0 Å². The van der Waals surface area contributed by atoms with Crippen molar-refractivity contribution >= 4 is 0 Å². The van der Waals surface area contributed by atoms with E-state index >= 15 is 0 Å². The third-order valence-corrected chi connectivity index (χ3v) is 2.90. The molecule has 0 radical (unpaired) electrons. The molecule has 1 aliphatic rings. The zero-order valence-electron chi connectivity index (χ0n) is 10.1. The maximum absolute atomic E-state index is 13.2. The predicted molar refractivity (Wildman–Crippen MR) is 54.8 cm³/mol. The Bertz CT molecular complexity index is 460. The Balaban J connectivity index is 2.31. The molecule has 0 saturated carbocycles. The van der Waals surface area contributed by atoms with Crippen molar-refractivity contribution in [3.63, 3.8) is 0 Å². The number of rotatable bonds is 2. The highest BCUT2D eigenvalue weighted by Gasteiger charge is 2.58. The minimum atomic E-state index is -4.76. The number of hydrogen-bond acceptors (Lipinski definition) is 3. The topological polar surface area (TPSA) is 39.1 Å². The Hall–Kier alpha value is -1.29. The summed E-state index contributed by atoms with van der Waals surface area (Å²) >= 11 is 0. The standard InChI is InChI=1S/C10H11F6N3O/c11-9(12,13)6-19-4-7(3-18-19)8(10(14,15)16)5-17-1-2-20-8/h3-4,17H,1-2,5-6H2. The number of alkyl halides is 6. The molecule has 2 rings (SSSR count). The van der Waals surface area contributed by atoms with E-state index in [1.165, 1.54) is 0 Å². The Kier molecular flexibility index (Phi) is 3.71. The fourth-order valence-electron chi connectivity index (χ4n) is 1.99. The molecule has 1 fully saturated rings. The van der Waals surface area contributed by atoms with Gasteiger partial charge in [0.1, 0.15) is 6.54 Å². The number of halogens is 6. The van der Waals surface area contributed by atoms with Gasteiger partial charge in [0.05, 0.1) is 12.8 Å². The zero-order valence-corrected chi connectivity index (χ0v) is 10.1. The van der Waals surface area contributed by atoms with Crippen LogP contribution in [0.4, 0.5) is 26.3 Å². The van der Waals surface area contributed by atoms with E-state index in [0.717, 1.165) is 6.20 Å². The molecule has 1 N–H and O–H groups in total. The van der Waals surface area contributed by atoms with Crippen molar-refractivity contribution in [2.24, 2.45) is 0 Å². The molecule has 0 bridgehead atoms. The molecule has 1 unspecified atom stereocenters. The second kappa shape index (κ2) is 4.92. The molecule has 1 atom stereocenters. The highest BCUT2D eigenvalue weighted by molar-refractivity contribution is 5.20. The van der Waals surface area contributed by atoms with Gasteiger partial charge in [-0.2, -0.15) is 31.4 Å². The van der Waals surface area contributed by atoms with Crippen molar-refractivity contribution in [3.8, 4) is 0 Å². The molecule has 20 heavy (non-hydrogen) atoms. The van der Waals surface area contributed by atoms with E-state index in [0.29, 0.717) is 10.9 Å². The predicted octanol–water partition coefficient (Wildman–Crippen LogP) is 1.82. The molecule has 2 heterocycles. The summed E-state index contributed by atoms with van der Waals surface area (Å²) in [5.41, 5.74) is -3.10. The van der Waals surface area contributed by atoms with Gasteiger partial charge in [-0.05, 0) is 0 Å². The van der Waals surface area contributed by atoms with Crippen molar-refractivity contribution in [1.29, 1.82) is 0 Å². The zero-order chi connectivity index (χ0) is 15.0. The largest absolute Gasteiger partial charge is 0.423 e. The average Bonchev–Trinajstić information content (AvgIpc) is 2.75. The second-order valence-corrected chi connectivity index (χ2v) is 4.39. The molecule has 1 aliphatic heterocycles. The van der Waals surface area contributed by atoms with Gasteiger partial charge in [-0.1, -0.05) is 0 Å². The van der Waals surface area contributed by atoms with Crippen molar-refractivity contribution < 1.29 is 31.1 Å². The Labute approximate surface area is 109 Å². The van der Waals surface area contributed by atoms with E-state index in [-0.39, 0.29) is 13.2 Å². The maximum atomic E-state index is 13.2. The van der Waals surface area contributed by atoms with E-state index in [9.17, 15) is 26.3 Å². The molecule has 0 amide bonds. The molecule has 1 aromatic heterocycles. The number of morpholine rings is 1. The Morgan fingerprint density at radius 2 is 2.00 bits per heavy atom. The van der Waals surface area contributed by atoms with Crippen LogP contribution >= 0.6 is 0 Å². The third kappa shape index (κ3) is 2.90. The average molecular weight is 303 g/mol. The van der Waals surface area contributed by atoms with Crippen LogP contribution in [0.2, 0.25) is 0 Å². The number of aromatic nitrogens is 2. The first-order chi connectivity index (χ1) is 9.14. The first-order valence-corrected chi connectivity index (χ1v) is 5.65. The van der Waals surface area contributed by atoms with Gasteiger partial charge in [-0.3, -0.25) is 4.68 Å². The van der Waals surface area contributed by atoms with Crippen LogP contribution in [0.5, 0.6) is 0 Å². The first-order valence-electron chi connectivity index (χ1n) is 5.65. The lowest BCUT2D eigenvalue weighted by atomic mass is 9.94. The lowest BCUT2D eigenvalue weighted by molar-refractivity contribution is -0.290. The van der Waals surface area contributed by atoms with Crippen LogP contribution in [0.15, 0.2) is 12.4 Å². The van der Waals surface area contributed by atoms with Crippen molar-refractivity contribution in [2.45, 2.75) is 24.5 Å². The summed E-state index contributed by atoms with van der Waals surface area (Å²) in [4.78, 5) is 0. The van der Waals surface area contributed by atoms with Crippen molar-refractivity contribution in [2.75, 3.05) is 19.7 Å². The molecule has 114 valence electrons. The number of nitrogens with one attached hydrogen (secondary N) is 1. The lowest BCUT2D eigenvalue weighted by Gasteiger charge is -2.38. The summed E-state index contributed by atoms with van der Waals surface area (Å²) in [6, 6.07) is 0. The molecule has 0 aromatic carbocycles. The molecule has 0 aliphatic carbocycles. The molecular weight excluding hydrogens is 292 g/mol. The van der Waals surface area contributed by atoms with E-state index < -0.39 is 36.6 Å². The summed E-state index contributed by atoms with van der Waals surface area (Å²) in [5.74, 6) is 0. The van der Waals surface area contributed by atoms with Crippen LogP contribution < -0.4 is 5.32 Å². The van der Waals surface area contributed by atoms with Gasteiger partial charge in [-0.15, -0.1) is 0 Å². The van der Waals surface area contributed by atoms with Crippen LogP contribution in [0.1, 0.15) is 5.56 Å². The summed E-state index contributed by atoms with van der Waals surface area (Å²) in [6.07, 6.45) is -7.84. The van der Waals surface area contributed by atoms with E-state index in [1.807, 2.05) is 0 Å². The normalized spacial score (nSPS) is 24.9. The van der Waals surface area contributed by atoms with Crippen LogP contribution in [0.25, 0.3) is 0 Å². The third-order valence-electron chi connectivity index (χ3n) is 2.90. The van der Waals surface area contributed by atoms with E-state index in [4.69, 9.17) is 4.74 Å². The fraction of sp³-hybridized carbons (Fsp3) is 0.700. The molecule has 1 saturated heterocycles. The van der Waals surface area contributed by atoms with Gasteiger partial charge < -0.3 is 10.1 Å². The fourth-order valence-corrected chi connectivity index (χ4v) is 1.99. The molecule has 10 heteroatoms. The van der Waals surface area contributed by atoms with Gasteiger partial charge in [0.15, 0.2) is 0 Å². The monoisotopic (exact) mass is 303 g/mol. The Morgan fingerprint density at radius 1 is 1.30 bits per heavy atom. The minimum Gasteiger partial charge on any atom is -0.358 e. The van der Waals surface area contributed by atoms with Gasteiger partial charge >= 0.3 is 12.4 Å². The lowest BCUT2D eigenvalue weighted by Crippen LogP contribution is -2.56. The highest BCUT2D eigenvalue weighted by atomic mass is 19.4. The van der Waals surface area contributed by atoms with Crippen LogP contribution in [-0.2, 0) is 16.9 Å². The van der Waals surface area contributed by atoms with Crippen LogP contribution in [-0.4, -0.2) is 41.8 Å². The van der Waals surface area contributed by atoms with Crippen molar-refractivity contribution in [3.05, 3.63) is 18.0 Å². The SMILES string of the molecule is FC(F)(F)Cn1cc(C2(C(F)(F)F)CNCCO2)cn1. The van der Waals surface area contributed by atoms with E-state index in [2.05, 4.69) is 10.4 Å². The van der Waals surface area contributed by atoms with Gasteiger partial charge in [0.2, 0.25) is 5.60 Å². The van der Waals surface area contributed by atoms with Crippen LogP contribution in [0.3, 0.4) is 0 Å². The summed E-state index contributed by atoms with van der Waals surface area (Å²) in [5, 5.41) is 5.86. The summed E-state index contributed by atoms with van der Waals surface area (Å²) in [6.45, 7) is -1.96. The summed E-state index contributed by atoms with van der Waals surface area (Å²) < 4.78 is 81.5. The highest BCUT2D eigenvalue weighted by Crippen LogP contribution is 2.42. The number of hydrogen-bond donors (Lipinski definition) is 1. The Morgan fingerprint density at radius 3 is 2.50 bits per heavy atom. The quantitative estimate of drug-likeness (QED) is 0.847. The van der Waals surface area contributed by atoms with Crippen molar-refractivity contribution in [1.82, 2.24) is 15.1 Å². The smallest absolute Gasteiger partial charge is 0.358 e. The first kappa shape index (κ1) is 15.1. The molecular formula is C10H11F6N3O. The minimum absolute atomic E-state index is 0.191. The second-order valence-electron chi connectivity index (χ2n) is 4.39. The van der Waals surface area contributed by atoms with E-state index in [1.54, 1.807) is 0 Å². The van der Waals surface area contributed by atoms with Crippen LogP contribution in [0, 0.1) is 0 Å². The molecule has 0 spiro atoms. The number of nitrogens with zero attached hydrogens (tertiary/aromatic N) is 2. The summed E-state index contributed by atoms with van der Waals surface area (Å²) in [7, 11) is 0. The van der Waals surface area contributed by atoms with Gasteiger partial charge in [0, 0.05) is 24.8 Å². The number of ether oxygens (including phenoxy) is 1. The van der Waals surface area contributed by atoms with Gasteiger partial charge in [-0.25, -0.2) is 0 Å². The molecule has 4 nitrogen and oxygen atoms in total. The maximum Gasteiger partial charge on any atom is 0.423 e. The molecule has 1 aromatic rings.